The first-order valence-electron chi connectivity index (χ1n) is 9.12. The third-order valence-electron chi connectivity index (χ3n) is 3.42. The molecule has 0 saturated carbocycles. The van der Waals surface area contributed by atoms with Crippen LogP contribution in [0, 0.1) is 18.2 Å². The van der Waals surface area contributed by atoms with E-state index in [4.69, 9.17) is 0 Å². The van der Waals surface area contributed by atoms with Crippen molar-refractivity contribution >= 4 is 38.2 Å². The van der Waals surface area contributed by atoms with E-state index in [1.165, 1.54) is 6.07 Å². The van der Waals surface area contributed by atoms with Crippen molar-refractivity contribution in [3.63, 3.8) is 0 Å². The van der Waals surface area contributed by atoms with E-state index in [0.717, 1.165) is 5.39 Å². The fourth-order valence-corrected chi connectivity index (χ4v) is 2.10. The number of para-hydroxylation sites is 1. The Balaban J connectivity index is 0.000000207. The Morgan fingerprint density at radius 2 is 0.967 bits per heavy atom. The minimum atomic E-state index is -0.0110. The SMILES string of the molecule is [O-]c1cccc2cccnc12.[Pb].[c]1ccccc1.[c]1ccccc1.[c]1ccccc1. The van der Waals surface area contributed by atoms with Crippen molar-refractivity contribution < 1.29 is 5.11 Å². The number of rotatable bonds is 0. The van der Waals surface area contributed by atoms with E-state index in [1.54, 1.807) is 12.3 Å². The monoisotopic (exact) mass is 583 g/mol. The van der Waals surface area contributed by atoms with E-state index >= 15 is 0 Å². The molecule has 145 valence electrons. The summed E-state index contributed by atoms with van der Waals surface area (Å²) in [6, 6.07) is 46.3. The van der Waals surface area contributed by atoms with Gasteiger partial charge in [0.1, 0.15) is 0 Å². The van der Waals surface area contributed by atoms with Crippen molar-refractivity contribution in [1.29, 1.82) is 0 Å². The van der Waals surface area contributed by atoms with E-state index in [1.807, 2.05) is 109 Å². The quantitative estimate of drug-likeness (QED) is 0.230. The van der Waals surface area contributed by atoms with Crippen molar-refractivity contribution in [2.75, 3.05) is 0 Å². The normalized spacial score (nSPS) is 8.53. The van der Waals surface area contributed by atoms with Crippen LogP contribution in [0.4, 0.5) is 0 Å². The van der Waals surface area contributed by atoms with Gasteiger partial charge in [0.15, 0.2) is 0 Å². The van der Waals surface area contributed by atoms with Gasteiger partial charge in [-0.2, -0.15) is 0 Å². The molecule has 0 atom stereocenters. The summed E-state index contributed by atoms with van der Waals surface area (Å²) in [5.74, 6) is -0.0110. The first-order valence-corrected chi connectivity index (χ1v) is 9.12. The number of pyridine rings is 1. The number of aromatic nitrogens is 1. The van der Waals surface area contributed by atoms with Gasteiger partial charge in [0.25, 0.3) is 0 Å². The molecule has 5 aromatic rings. The molecular formula is C27H21NOPb-. The number of hydrogen-bond acceptors (Lipinski definition) is 2. The van der Waals surface area contributed by atoms with E-state index in [9.17, 15) is 5.11 Å². The van der Waals surface area contributed by atoms with Gasteiger partial charge < -0.3 is 5.11 Å². The van der Waals surface area contributed by atoms with Gasteiger partial charge in [-0.1, -0.05) is 121 Å². The summed E-state index contributed by atoms with van der Waals surface area (Å²) >= 11 is 0. The molecule has 0 aliphatic carbocycles. The summed E-state index contributed by atoms with van der Waals surface area (Å²) < 4.78 is 0. The topological polar surface area (TPSA) is 36.0 Å². The number of fused-ring (bicyclic) bond motifs is 1. The predicted octanol–water partition coefficient (Wildman–Crippen LogP) is 5.39. The molecule has 5 rings (SSSR count). The summed E-state index contributed by atoms with van der Waals surface area (Å²) in [4.78, 5) is 3.97. The average Bonchev–Trinajstić information content (AvgIpc) is 2.84. The second kappa shape index (κ2) is 16.9. The van der Waals surface area contributed by atoms with Crippen LogP contribution >= 0.6 is 0 Å². The van der Waals surface area contributed by atoms with Crippen LogP contribution in [-0.2, 0) is 0 Å². The molecule has 1 aromatic heterocycles. The van der Waals surface area contributed by atoms with Crippen LogP contribution in [-0.4, -0.2) is 32.3 Å². The molecular weight excluding hydrogens is 562 g/mol. The van der Waals surface area contributed by atoms with E-state index in [2.05, 4.69) is 23.2 Å². The van der Waals surface area contributed by atoms with Crippen molar-refractivity contribution in [1.82, 2.24) is 4.98 Å². The smallest absolute Gasteiger partial charge is 0.0623 e. The Kier molecular flexibility index (Phi) is 14.1. The maximum Gasteiger partial charge on any atom is 0.0623 e. The Morgan fingerprint density at radius 3 is 1.30 bits per heavy atom. The fourth-order valence-electron chi connectivity index (χ4n) is 2.10. The summed E-state index contributed by atoms with van der Waals surface area (Å²) in [6.07, 6.45) is 1.63. The molecule has 3 heteroatoms. The van der Waals surface area contributed by atoms with Crippen LogP contribution in [0.1, 0.15) is 0 Å². The molecule has 1 heterocycles. The van der Waals surface area contributed by atoms with Crippen molar-refractivity contribution in [2.24, 2.45) is 0 Å². The number of nitrogens with zero attached hydrogens (tertiary/aromatic N) is 1. The second-order valence-corrected chi connectivity index (χ2v) is 5.56. The third-order valence-corrected chi connectivity index (χ3v) is 3.42. The first-order chi connectivity index (χ1) is 14.4. The number of hydrogen-bond donors (Lipinski definition) is 0. The molecule has 0 aliphatic rings. The molecule has 0 N–H and O–H groups in total. The van der Waals surface area contributed by atoms with Crippen LogP contribution in [0.2, 0.25) is 0 Å². The van der Waals surface area contributed by atoms with Crippen molar-refractivity contribution in [2.45, 2.75) is 0 Å². The molecule has 4 aromatic carbocycles. The zero-order chi connectivity index (χ0) is 20.4. The van der Waals surface area contributed by atoms with Gasteiger partial charge in [0, 0.05) is 33.5 Å². The zero-order valence-electron chi connectivity index (χ0n) is 16.5. The molecule has 0 unspecified atom stereocenters. The Labute approximate surface area is 199 Å². The maximum absolute atomic E-state index is 11.1. The predicted molar refractivity (Wildman–Crippen MR) is 123 cm³/mol. The van der Waals surface area contributed by atoms with Crippen LogP contribution in [0.25, 0.3) is 10.9 Å². The molecule has 0 bridgehead atoms. The maximum atomic E-state index is 11.1. The van der Waals surface area contributed by atoms with E-state index < -0.39 is 0 Å². The van der Waals surface area contributed by atoms with Gasteiger partial charge in [-0.15, -0.1) is 0 Å². The fraction of sp³-hybridized carbons (Fsp3) is 0. The summed E-state index contributed by atoms with van der Waals surface area (Å²) in [6.45, 7) is 0. The summed E-state index contributed by atoms with van der Waals surface area (Å²) in [5.41, 5.74) is 0.551. The molecule has 2 nitrogen and oxygen atoms in total. The largest absolute Gasteiger partial charge is 0.871 e. The summed E-state index contributed by atoms with van der Waals surface area (Å²) in [7, 11) is 0. The number of benzene rings is 4. The van der Waals surface area contributed by atoms with Crippen LogP contribution in [0.3, 0.4) is 0 Å². The van der Waals surface area contributed by atoms with Gasteiger partial charge in [-0.3, -0.25) is 4.98 Å². The van der Waals surface area contributed by atoms with E-state index in [-0.39, 0.29) is 33.0 Å². The Bertz CT molecular complexity index is 849. The van der Waals surface area contributed by atoms with Crippen LogP contribution in [0.5, 0.6) is 5.75 Å². The van der Waals surface area contributed by atoms with Gasteiger partial charge in [0.05, 0.1) is 5.52 Å². The molecule has 0 spiro atoms. The van der Waals surface area contributed by atoms with Gasteiger partial charge in [0.2, 0.25) is 0 Å². The van der Waals surface area contributed by atoms with Gasteiger partial charge in [-0.25, -0.2) is 0 Å². The Hall–Kier alpha value is -2.99. The molecule has 0 saturated heterocycles. The minimum Gasteiger partial charge on any atom is -0.871 e. The van der Waals surface area contributed by atoms with Gasteiger partial charge in [-0.05, 0) is 29.7 Å². The minimum absolute atomic E-state index is 0. The average molecular weight is 583 g/mol. The molecule has 7 radical (unpaired) electrons. The van der Waals surface area contributed by atoms with Crippen molar-refractivity contribution in [3.8, 4) is 5.75 Å². The Morgan fingerprint density at radius 1 is 0.533 bits per heavy atom. The zero-order valence-corrected chi connectivity index (χ0v) is 20.4. The summed E-state index contributed by atoms with van der Waals surface area (Å²) in [5, 5.41) is 12.0. The van der Waals surface area contributed by atoms with Crippen LogP contribution in [0.15, 0.2) is 128 Å². The van der Waals surface area contributed by atoms with Gasteiger partial charge >= 0.3 is 0 Å². The first kappa shape index (κ1) is 25.0. The molecule has 0 fully saturated rings. The van der Waals surface area contributed by atoms with Crippen LogP contribution < -0.4 is 5.11 Å². The van der Waals surface area contributed by atoms with E-state index in [0.29, 0.717) is 5.52 Å². The molecule has 30 heavy (non-hydrogen) atoms. The third kappa shape index (κ3) is 11.1. The molecule has 0 amide bonds. The standard InChI is InChI=1S/C9H7NO.3C6H5.Pb/c11-8-5-1-3-7-4-2-6-10-9(7)8;3*1-2-4-6-5-3-1;/h1-6,11H;3*1-5H;/p-1. The van der Waals surface area contributed by atoms with Crippen molar-refractivity contribution in [3.05, 3.63) is 146 Å². The molecule has 0 aliphatic heterocycles. The second-order valence-electron chi connectivity index (χ2n) is 5.56.